The molecule has 27 N–H and O–H groups in total. The second-order valence-electron chi connectivity index (χ2n) is 26.8. The minimum atomic E-state index is -3.09. The monoisotopic (exact) mass is 1720 g/mol. The lowest BCUT2D eigenvalue weighted by atomic mass is 9.91. The van der Waals surface area contributed by atoms with Gasteiger partial charge in [0.05, 0.1) is 44.5 Å². The SMILES string of the molecule is O=C(O[C@@H]1O[C@@H]2COC(=O)c3cc(O)c(O)c(O)c3-c3c(cc(O)c(O)c3O)C(=O)O[C@H]2[C@H](OC(=O)c2cc(O)c(O)c(O)c2)[C@H]1OC(=O)c1cc(O)c(O)c(O)c1Oc1cc2c(c(O)c1O)-c1c(cc(O)c(O)c1O)C(=O)O[C@H]1[C@@H]3OC(=O)c4cc(O)c(O)c(O)c4-c4c(cc(O)c(O)c4O)C(=O)O[C@H]3[C@H](O)O[C@@H]1COC2=O)c1cc(O)c(O)c(O)c1. The summed E-state index contributed by atoms with van der Waals surface area (Å²) in [5, 5.41) is 297. The highest BCUT2D eigenvalue weighted by Crippen LogP contribution is 2.59. The highest BCUT2D eigenvalue weighted by molar-refractivity contribution is 6.12. The van der Waals surface area contributed by atoms with Crippen molar-refractivity contribution in [2.75, 3.05) is 13.2 Å². The van der Waals surface area contributed by atoms with Crippen LogP contribution in [0, 0.1) is 0 Å². The minimum Gasteiger partial charge on any atom is -0.504 e. The molecule has 0 unspecified atom stereocenters. The molecule has 0 aromatic heterocycles. The molecule has 0 radical (unpaired) electrons. The van der Waals surface area contributed by atoms with Crippen molar-refractivity contribution >= 4 is 53.7 Å². The largest absolute Gasteiger partial charge is 0.504 e. The zero-order chi connectivity index (χ0) is 89.5. The highest BCUT2D eigenvalue weighted by Gasteiger charge is 2.58. The van der Waals surface area contributed by atoms with E-state index in [0.29, 0.717) is 42.5 Å². The molecule has 0 bridgehead atoms. The first-order valence-electron chi connectivity index (χ1n) is 34.2. The number of hydrogen-bond acceptors (Lipinski definition) is 48. The smallest absolute Gasteiger partial charge is 0.342 e. The molecule has 9 aromatic rings. The quantitative estimate of drug-likeness (QED) is 0.0591. The van der Waals surface area contributed by atoms with Gasteiger partial charge in [0.1, 0.15) is 31.0 Å². The summed E-state index contributed by atoms with van der Waals surface area (Å²) in [5.74, 6) is -60.3. The van der Waals surface area contributed by atoms with E-state index >= 15 is 19.2 Å². The van der Waals surface area contributed by atoms with Crippen molar-refractivity contribution in [2.45, 2.75) is 61.4 Å². The third-order valence-electron chi connectivity index (χ3n) is 19.5. The third-order valence-corrected chi connectivity index (χ3v) is 19.5. The number of esters is 9. The fourth-order valence-electron chi connectivity index (χ4n) is 13.6. The first-order chi connectivity index (χ1) is 57.9. The van der Waals surface area contributed by atoms with Gasteiger partial charge in [0, 0.05) is 45.5 Å². The fourth-order valence-corrected chi connectivity index (χ4v) is 13.6. The van der Waals surface area contributed by atoms with Crippen LogP contribution in [-0.4, -0.2) is 266 Å². The maximum atomic E-state index is 15.5. The molecule has 5 aliphatic heterocycles. The molecule has 14 rings (SSSR count). The van der Waals surface area contributed by atoms with Crippen molar-refractivity contribution in [2.24, 2.45) is 0 Å². The van der Waals surface area contributed by atoms with E-state index in [1.807, 2.05) is 0 Å². The van der Waals surface area contributed by atoms with Crippen molar-refractivity contribution in [3.05, 3.63) is 117 Å². The Labute approximate surface area is 675 Å². The van der Waals surface area contributed by atoms with Gasteiger partial charge in [0.15, 0.2) is 152 Å². The van der Waals surface area contributed by atoms with Gasteiger partial charge in [-0.15, -0.1) is 0 Å². The summed E-state index contributed by atoms with van der Waals surface area (Å²) in [6.45, 7) is -3.03. The van der Waals surface area contributed by atoms with Gasteiger partial charge in [0.2, 0.25) is 58.4 Å². The van der Waals surface area contributed by atoms with Crippen LogP contribution < -0.4 is 4.74 Å². The number of benzene rings is 9. The van der Waals surface area contributed by atoms with Gasteiger partial charge in [-0.2, -0.15) is 0 Å². The molecule has 2 saturated heterocycles. The lowest BCUT2D eigenvalue weighted by molar-refractivity contribution is -0.284. The molecule has 0 spiro atoms. The van der Waals surface area contributed by atoms with Gasteiger partial charge >= 0.3 is 53.7 Å². The van der Waals surface area contributed by atoms with Crippen LogP contribution in [0.25, 0.3) is 33.4 Å². The average molecular weight is 1720 g/mol. The van der Waals surface area contributed by atoms with Gasteiger partial charge < -0.3 is 195 Å². The van der Waals surface area contributed by atoms with Crippen LogP contribution in [0.3, 0.4) is 0 Å². The third kappa shape index (κ3) is 13.6. The number of phenolic OH excluding ortho intramolecular Hbond substituents is 26. The van der Waals surface area contributed by atoms with Crippen molar-refractivity contribution in [1.29, 1.82) is 0 Å². The van der Waals surface area contributed by atoms with Gasteiger partial charge in [-0.05, 0) is 54.6 Å². The molecule has 48 nitrogen and oxygen atoms in total. The molecule has 123 heavy (non-hydrogen) atoms. The zero-order valence-electron chi connectivity index (χ0n) is 60.2. The average Bonchev–Trinajstić information content (AvgIpc) is 1.34. The predicted molar refractivity (Wildman–Crippen MR) is 379 cm³/mol. The number of carbonyl (C=O) groups excluding carboxylic acids is 9. The second-order valence-corrected chi connectivity index (χ2v) is 26.8. The summed E-state index contributed by atoms with van der Waals surface area (Å²) >= 11 is 0. The lowest BCUT2D eigenvalue weighted by Crippen LogP contribution is -2.63. The van der Waals surface area contributed by atoms with Gasteiger partial charge in [0.25, 0.3) is 0 Å². The molecular formula is C75H52O48. The summed E-state index contributed by atoms with van der Waals surface area (Å²) < 4.78 is 67.9. The molecule has 0 saturated carbocycles. The Morgan fingerprint density at radius 1 is 0.285 bits per heavy atom. The van der Waals surface area contributed by atoms with Crippen LogP contribution in [0.4, 0.5) is 0 Å². The number of carbonyl (C=O) groups is 9. The molecule has 5 aliphatic rings. The number of aromatic hydroxyl groups is 26. The number of rotatable bonds is 8. The summed E-state index contributed by atoms with van der Waals surface area (Å²) in [6.07, 6.45) is -27.3. The van der Waals surface area contributed by atoms with Crippen molar-refractivity contribution < 1.29 is 238 Å². The van der Waals surface area contributed by atoms with E-state index in [0.717, 1.165) is 0 Å². The van der Waals surface area contributed by atoms with Crippen LogP contribution >= 0.6 is 0 Å². The van der Waals surface area contributed by atoms with Crippen molar-refractivity contribution in [1.82, 2.24) is 0 Å². The summed E-state index contributed by atoms with van der Waals surface area (Å²) in [7, 11) is 0. The minimum absolute atomic E-state index is 0.0888. The Kier molecular flexibility index (Phi) is 20.1. The maximum absolute atomic E-state index is 15.5. The number of ether oxygens (including phenoxy) is 12. The standard InChI is InChI=1S/C75H52O48/c76-23-1-14(2-24(77)42(23)86)65(102)119-62-60-35(13-113-67(104)16-5-27(80)44(88)51(95)36(16)37-17(70(107)118-60)6-28(81)45(89)52(37)96)116-75(123-66(103)15-3-25(78)43(87)26(79)4-15)64(62)122-73(110)22-10-32(85)49(93)57(101)58(22)114-33-11-21-41(56(100)50(33)94)40-18(7-29(82)48(92)55(40)99)69(106)117-59-34(12-112-68(21)105)115-74(111)63-61(59)120-71(108)19-8-30(83)46(90)53(97)38(19)39-20(72(109)121-63)9-31(84)47(91)54(39)98/h1-11,34-35,59-64,74-101,111H,12-13H2/t34-,35-,59-,60-,61+,62+,63-,64-,74-,75+/m1/s1. The molecule has 10 atom stereocenters. The van der Waals surface area contributed by atoms with Crippen LogP contribution in [-0.2, 0) is 52.1 Å². The molecule has 0 amide bonds. The van der Waals surface area contributed by atoms with Crippen molar-refractivity contribution in [3.8, 4) is 194 Å². The molecule has 5 heterocycles. The van der Waals surface area contributed by atoms with Crippen LogP contribution in [0.2, 0.25) is 0 Å². The van der Waals surface area contributed by atoms with E-state index in [2.05, 4.69) is 0 Å². The molecular weight excluding hydrogens is 1670 g/mol. The van der Waals surface area contributed by atoms with E-state index in [-0.39, 0.29) is 24.3 Å². The van der Waals surface area contributed by atoms with Crippen LogP contribution in [0.5, 0.6) is 161 Å². The molecule has 48 heteroatoms. The normalized spacial score (nSPS) is 20.4. The Hall–Kier alpha value is -17.3. The van der Waals surface area contributed by atoms with Crippen LogP contribution in [0.1, 0.15) is 93.2 Å². The molecule has 2 fully saturated rings. The highest BCUT2D eigenvalue weighted by atomic mass is 16.8. The Morgan fingerprint density at radius 2 is 0.585 bits per heavy atom. The van der Waals surface area contributed by atoms with E-state index in [9.17, 15) is 162 Å². The summed E-state index contributed by atoms with van der Waals surface area (Å²) in [4.78, 5) is 133. The first kappa shape index (κ1) is 82.2. The van der Waals surface area contributed by atoms with Crippen LogP contribution in [0.15, 0.2) is 66.7 Å². The molecule has 9 aromatic carbocycles. The Balaban J connectivity index is 0.890. The predicted octanol–water partition coefficient (Wildman–Crippen LogP) is 2.73. The zero-order valence-corrected chi connectivity index (χ0v) is 60.2. The number of cyclic esters (lactones) is 2. The van der Waals surface area contributed by atoms with E-state index in [4.69, 9.17) is 56.8 Å². The number of fused-ring (bicyclic) bond motifs is 13. The van der Waals surface area contributed by atoms with Gasteiger partial charge in [-0.25, -0.2) is 43.2 Å². The van der Waals surface area contributed by atoms with E-state index in [1.165, 1.54) is 0 Å². The topological polar surface area (TPSA) is 811 Å². The van der Waals surface area contributed by atoms with Gasteiger partial charge in [-0.3, -0.25) is 0 Å². The lowest BCUT2D eigenvalue weighted by Gasteiger charge is -2.43. The molecule has 0 aliphatic carbocycles. The Morgan fingerprint density at radius 3 is 0.984 bits per heavy atom. The van der Waals surface area contributed by atoms with Gasteiger partial charge in [-0.1, -0.05) is 0 Å². The van der Waals surface area contributed by atoms with E-state index < -0.39 is 373 Å². The maximum Gasteiger partial charge on any atom is 0.342 e. The Bertz CT molecular complexity index is 6140. The van der Waals surface area contributed by atoms with Crippen molar-refractivity contribution in [3.63, 3.8) is 0 Å². The van der Waals surface area contributed by atoms with E-state index in [1.54, 1.807) is 0 Å². The fraction of sp³-hybridized carbons (Fsp3) is 0.160. The summed E-state index contributed by atoms with van der Waals surface area (Å²) in [6, 6.07) is 3.38. The number of phenols is 26. The number of aliphatic hydroxyl groups is 1. The second kappa shape index (κ2) is 30.0. The molecule has 640 valence electrons. The number of hydrogen-bond donors (Lipinski definition) is 27. The summed E-state index contributed by atoms with van der Waals surface area (Å²) in [5.41, 5.74) is -18.9. The number of aliphatic hydroxyl groups excluding tert-OH is 1. The first-order valence-corrected chi connectivity index (χ1v) is 34.2.